The van der Waals surface area contributed by atoms with Crippen LogP contribution in [-0.4, -0.2) is 55.9 Å². The molecule has 0 aliphatic carbocycles. The number of rotatable bonds is 8. The molecule has 222 valence electrons. The van der Waals surface area contributed by atoms with Crippen LogP contribution in [0.1, 0.15) is 37.3 Å². The number of aliphatic hydroxyl groups excluding tert-OH is 1. The number of amides is 2. The molecule has 1 fully saturated rings. The Morgan fingerprint density at radius 1 is 1.14 bits per heavy atom. The summed E-state index contributed by atoms with van der Waals surface area (Å²) in [5.74, 6) is -1.23. The van der Waals surface area contributed by atoms with Crippen LogP contribution in [0.25, 0.3) is 16.6 Å². The van der Waals surface area contributed by atoms with Crippen molar-refractivity contribution in [1.29, 1.82) is 0 Å². The van der Waals surface area contributed by atoms with Gasteiger partial charge in [-0.05, 0) is 60.9 Å². The SMILES string of the molecule is C[C@@H](/C=C/CC(=O)N1CCC[C@H]1CO)[C@]1(O)C(=O)N(Cc2ccc(-n3[nH]c4ccccc4c3=O)cc2)c2ccc(Cl)cc21. The second-order valence-corrected chi connectivity index (χ2v) is 11.7. The summed E-state index contributed by atoms with van der Waals surface area (Å²) in [4.78, 5) is 42.7. The molecule has 2 aliphatic heterocycles. The van der Waals surface area contributed by atoms with Crippen LogP contribution in [0.2, 0.25) is 5.02 Å². The molecule has 2 aliphatic rings. The van der Waals surface area contributed by atoms with Gasteiger partial charge in [-0.1, -0.05) is 54.9 Å². The predicted molar refractivity (Wildman–Crippen MR) is 165 cm³/mol. The van der Waals surface area contributed by atoms with Crippen LogP contribution >= 0.6 is 11.6 Å². The summed E-state index contributed by atoms with van der Waals surface area (Å²) in [6, 6.07) is 19.5. The number of likely N-dealkylation sites (tertiary alicyclic amines) is 1. The Balaban J connectivity index is 1.22. The van der Waals surface area contributed by atoms with Crippen molar-refractivity contribution in [1.82, 2.24) is 14.7 Å². The zero-order chi connectivity index (χ0) is 30.3. The van der Waals surface area contributed by atoms with Crippen molar-refractivity contribution in [3.8, 4) is 5.69 Å². The summed E-state index contributed by atoms with van der Waals surface area (Å²) in [6.07, 6.45) is 5.14. The Labute approximate surface area is 253 Å². The van der Waals surface area contributed by atoms with Crippen LogP contribution in [0.5, 0.6) is 0 Å². The molecule has 0 spiro atoms. The highest BCUT2D eigenvalue weighted by atomic mass is 35.5. The number of fused-ring (bicyclic) bond motifs is 2. The van der Waals surface area contributed by atoms with E-state index in [9.17, 15) is 24.6 Å². The average molecular weight is 601 g/mol. The van der Waals surface area contributed by atoms with E-state index < -0.39 is 17.4 Å². The second-order valence-electron chi connectivity index (χ2n) is 11.3. The van der Waals surface area contributed by atoms with Gasteiger partial charge in [0.15, 0.2) is 5.60 Å². The van der Waals surface area contributed by atoms with E-state index in [4.69, 9.17) is 11.6 Å². The van der Waals surface area contributed by atoms with E-state index in [1.165, 1.54) is 4.68 Å². The first-order valence-electron chi connectivity index (χ1n) is 14.4. The van der Waals surface area contributed by atoms with Crippen molar-refractivity contribution in [2.24, 2.45) is 5.92 Å². The monoisotopic (exact) mass is 600 g/mol. The molecule has 0 unspecified atom stereocenters. The minimum absolute atomic E-state index is 0.0578. The molecule has 3 N–H and O–H groups in total. The molecule has 43 heavy (non-hydrogen) atoms. The summed E-state index contributed by atoms with van der Waals surface area (Å²) in [6.45, 7) is 2.50. The van der Waals surface area contributed by atoms with Gasteiger partial charge in [0.05, 0.1) is 41.5 Å². The van der Waals surface area contributed by atoms with Gasteiger partial charge in [0, 0.05) is 29.5 Å². The van der Waals surface area contributed by atoms with E-state index >= 15 is 0 Å². The first-order chi connectivity index (χ1) is 20.7. The quantitative estimate of drug-likeness (QED) is 0.261. The number of carbonyl (C=O) groups is 2. The van der Waals surface area contributed by atoms with Crippen LogP contribution in [0, 0.1) is 5.92 Å². The lowest BCUT2D eigenvalue weighted by Crippen LogP contribution is -2.44. The fraction of sp³-hybridized carbons (Fsp3) is 0.303. The lowest BCUT2D eigenvalue weighted by molar-refractivity contribution is -0.139. The smallest absolute Gasteiger partial charge is 0.279 e. The van der Waals surface area contributed by atoms with Gasteiger partial charge in [0.1, 0.15) is 0 Å². The summed E-state index contributed by atoms with van der Waals surface area (Å²) in [5, 5.41) is 25.6. The molecular formula is C33H33ClN4O5. The normalized spacial score (nSPS) is 20.8. The largest absolute Gasteiger partial charge is 0.394 e. The van der Waals surface area contributed by atoms with Crippen molar-refractivity contribution in [2.45, 2.75) is 44.4 Å². The molecule has 10 heteroatoms. The molecule has 0 saturated carbocycles. The maximum Gasteiger partial charge on any atom is 0.279 e. The number of H-pyrrole nitrogens is 1. The number of carbonyl (C=O) groups excluding carboxylic acids is 2. The van der Waals surface area contributed by atoms with Crippen molar-refractivity contribution in [3.05, 3.63) is 105 Å². The predicted octanol–water partition coefficient (Wildman–Crippen LogP) is 4.27. The number of nitrogens with one attached hydrogen (secondary N) is 1. The number of benzene rings is 3. The van der Waals surface area contributed by atoms with Crippen molar-refractivity contribution < 1.29 is 19.8 Å². The molecule has 1 aromatic heterocycles. The molecule has 4 aromatic rings. The molecular weight excluding hydrogens is 568 g/mol. The van der Waals surface area contributed by atoms with E-state index in [2.05, 4.69) is 5.10 Å². The van der Waals surface area contributed by atoms with E-state index in [-0.39, 0.29) is 37.1 Å². The van der Waals surface area contributed by atoms with Crippen molar-refractivity contribution in [2.75, 3.05) is 18.1 Å². The third-order valence-corrected chi connectivity index (χ3v) is 8.88. The van der Waals surface area contributed by atoms with Gasteiger partial charge in [-0.25, -0.2) is 4.68 Å². The summed E-state index contributed by atoms with van der Waals surface area (Å²) < 4.78 is 1.48. The van der Waals surface area contributed by atoms with E-state index in [0.29, 0.717) is 33.9 Å². The Kier molecular flexibility index (Phi) is 7.72. The number of anilines is 1. The average Bonchev–Trinajstić information content (AvgIpc) is 3.69. The van der Waals surface area contributed by atoms with Gasteiger partial charge in [0.2, 0.25) is 5.91 Å². The lowest BCUT2D eigenvalue weighted by Gasteiger charge is -2.28. The van der Waals surface area contributed by atoms with Crippen LogP contribution in [-0.2, 0) is 21.7 Å². The number of hydrogen-bond donors (Lipinski definition) is 3. The van der Waals surface area contributed by atoms with Gasteiger partial charge >= 0.3 is 0 Å². The van der Waals surface area contributed by atoms with E-state index in [1.807, 2.05) is 42.5 Å². The Hall–Kier alpha value is -4.18. The summed E-state index contributed by atoms with van der Waals surface area (Å²) >= 11 is 6.31. The van der Waals surface area contributed by atoms with E-state index in [1.54, 1.807) is 53.1 Å². The molecule has 0 radical (unpaired) electrons. The zero-order valence-electron chi connectivity index (χ0n) is 23.7. The highest BCUT2D eigenvalue weighted by Gasteiger charge is 2.52. The van der Waals surface area contributed by atoms with Crippen LogP contribution in [0.15, 0.2) is 83.7 Å². The lowest BCUT2D eigenvalue weighted by atomic mass is 9.83. The number of halogens is 1. The number of aromatic amines is 1. The van der Waals surface area contributed by atoms with Crippen LogP contribution in [0.4, 0.5) is 5.69 Å². The Morgan fingerprint density at radius 2 is 1.91 bits per heavy atom. The molecule has 2 amide bonds. The summed E-state index contributed by atoms with van der Waals surface area (Å²) in [7, 11) is 0. The molecule has 3 heterocycles. The van der Waals surface area contributed by atoms with Gasteiger partial charge in [-0.3, -0.25) is 19.5 Å². The van der Waals surface area contributed by atoms with E-state index in [0.717, 1.165) is 23.9 Å². The van der Waals surface area contributed by atoms with Gasteiger partial charge < -0.3 is 20.0 Å². The number of para-hydroxylation sites is 1. The fourth-order valence-electron chi connectivity index (χ4n) is 6.23. The number of aromatic nitrogens is 2. The minimum Gasteiger partial charge on any atom is -0.394 e. The first kappa shape index (κ1) is 28.9. The molecule has 6 rings (SSSR count). The molecule has 0 bridgehead atoms. The van der Waals surface area contributed by atoms with Gasteiger partial charge in [-0.2, -0.15) is 0 Å². The van der Waals surface area contributed by atoms with Gasteiger partial charge in [0.25, 0.3) is 11.5 Å². The zero-order valence-corrected chi connectivity index (χ0v) is 24.5. The highest BCUT2D eigenvalue weighted by Crippen LogP contribution is 2.46. The summed E-state index contributed by atoms with van der Waals surface area (Å²) in [5.41, 5.74) is 1.16. The molecule has 3 atom stereocenters. The first-order valence-corrected chi connectivity index (χ1v) is 14.8. The topological polar surface area (TPSA) is 119 Å². The fourth-order valence-corrected chi connectivity index (χ4v) is 6.41. The van der Waals surface area contributed by atoms with Gasteiger partial charge in [-0.15, -0.1) is 0 Å². The van der Waals surface area contributed by atoms with Crippen molar-refractivity contribution >= 4 is 40.0 Å². The Bertz CT molecular complexity index is 1780. The van der Waals surface area contributed by atoms with Crippen molar-refractivity contribution in [3.63, 3.8) is 0 Å². The molecule has 1 saturated heterocycles. The Morgan fingerprint density at radius 3 is 2.65 bits per heavy atom. The third kappa shape index (κ3) is 5.07. The minimum atomic E-state index is -1.88. The maximum absolute atomic E-state index is 13.9. The van der Waals surface area contributed by atoms with Crippen LogP contribution in [0.3, 0.4) is 0 Å². The second kappa shape index (κ2) is 11.5. The molecule has 3 aromatic carbocycles. The number of aliphatic hydroxyl groups is 2. The standard InChI is InChI=1S/C33H33ClN4O5/c1-21(6-4-10-30(40)36-17-5-7-25(36)20-39)33(43)27-18-23(34)13-16-29(27)37(32(33)42)19-22-11-14-24(15-12-22)38-31(41)26-8-2-3-9-28(26)35-38/h2-4,6,8-9,11-16,18,21,25,35,39,43H,5,7,10,17,19-20H2,1H3/b6-4+/t21-,25-,33+/m0/s1. The molecule has 9 nitrogen and oxygen atoms in total. The third-order valence-electron chi connectivity index (χ3n) is 8.64. The number of nitrogens with zero attached hydrogens (tertiary/aromatic N) is 3. The van der Waals surface area contributed by atoms with Crippen LogP contribution < -0.4 is 10.5 Å². The highest BCUT2D eigenvalue weighted by molar-refractivity contribution is 6.31. The number of hydrogen-bond acceptors (Lipinski definition) is 5. The maximum atomic E-state index is 13.9.